The Hall–Kier alpha value is -2.50. The number of hydrogen-bond donors (Lipinski definition) is 1. The van der Waals surface area contributed by atoms with E-state index in [9.17, 15) is 10.1 Å². The van der Waals surface area contributed by atoms with Gasteiger partial charge in [0, 0.05) is 12.3 Å². The summed E-state index contributed by atoms with van der Waals surface area (Å²) in [5.41, 5.74) is -0.0356. The number of hydrogen-bond acceptors (Lipinski definition) is 5. The first-order chi connectivity index (χ1) is 7.75. The van der Waals surface area contributed by atoms with E-state index in [-0.39, 0.29) is 5.69 Å². The third-order valence-electron chi connectivity index (χ3n) is 1.88. The summed E-state index contributed by atoms with van der Waals surface area (Å²) in [4.78, 5) is 17.9. The predicted octanol–water partition coefficient (Wildman–Crippen LogP) is 2.13. The maximum absolute atomic E-state index is 10.4. The van der Waals surface area contributed by atoms with Crippen molar-refractivity contribution in [1.82, 2.24) is 9.97 Å². The molecule has 0 fully saturated rings. The van der Waals surface area contributed by atoms with E-state index in [0.29, 0.717) is 11.6 Å². The van der Waals surface area contributed by atoms with Gasteiger partial charge in [-0.25, -0.2) is 9.97 Å². The van der Waals surface area contributed by atoms with Gasteiger partial charge in [0.05, 0.1) is 4.92 Å². The highest BCUT2D eigenvalue weighted by Gasteiger charge is 2.05. The highest BCUT2D eigenvalue weighted by atomic mass is 16.6. The molecule has 6 heteroatoms. The number of anilines is 2. The summed E-state index contributed by atoms with van der Waals surface area (Å²) < 4.78 is 0. The lowest BCUT2D eigenvalue weighted by Gasteiger charge is -2.02. The van der Waals surface area contributed by atoms with Crippen LogP contribution in [0.2, 0.25) is 0 Å². The Kier molecular flexibility index (Phi) is 2.73. The lowest BCUT2D eigenvalue weighted by atomic mass is 10.4. The normalized spacial score (nSPS) is 9.75. The topological polar surface area (TPSA) is 81.0 Å². The molecule has 0 aromatic carbocycles. The first kappa shape index (κ1) is 10.0. The van der Waals surface area contributed by atoms with Gasteiger partial charge in [0.1, 0.15) is 17.8 Å². The van der Waals surface area contributed by atoms with Crippen LogP contribution in [-0.2, 0) is 0 Å². The fraction of sp³-hybridized carbons (Fsp3) is 0. The largest absolute Gasteiger partial charge is 0.325 e. The minimum Gasteiger partial charge on any atom is -0.325 e. The molecule has 2 rings (SSSR count). The Balaban J connectivity index is 2.14. The van der Waals surface area contributed by atoms with Crippen LogP contribution in [0.25, 0.3) is 0 Å². The molecule has 2 heterocycles. The van der Waals surface area contributed by atoms with Crippen molar-refractivity contribution in [2.75, 3.05) is 5.32 Å². The number of nitrogens with zero attached hydrogens (tertiary/aromatic N) is 3. The van der Waals surface area contributed by atoms with Crippen LogP contribution in [0.3, 0.4) is 0 Å². The lowest BCUT2D eigenvalue weighted by Crippen LogP contribution is -1.96. The third kappa shape index (κ3) is 2.30. The van der Waals surface area contributed by atoms with E-state index in [0.717, 1.165) is 0 Å². The average Bonchev–Trinajstić information content (AvgIpc) is 2.31. The SMILES string of the molecule is O=[N+]([O-])c1ccc(Nc2ccccn2)nc1. The molecule has 0 bridgehead atoms. The molecule has 0 radical (unpaired) electrons. The zero-order valence-electron chi connectivity index (χ0n) is 8.20. The quantitative estimate of drug-likeness (QED) is 0.627. The third-order valence-corrected chi connectivity index (χ3v) is 1.88. The summed E-state index contributed by atoms with van der Waals surface area (Å²) in [5.74, 6) is 1.16. The van der Waals surface area contributed by atoms with E-state index in [2.05, 4.69) is 15.3 Å². The van der Waals surface area contributed by atoms with E-state index < -0.39 is 4.92 Å². The van der Waals surface area contributed by atoms with Crippen LogP contribution in [0.1, 0.15) is 0 Å². The molecule has 16 heavy (non-hydrogen) atoms. The lowest BCUT2D eigenvalue weighted by molar-refractivity contribution is -0.385. The summed E-state index contributed by atoms with van der Waals surface area (Å²) in [6, 6.07) is 8.34. The van der Waals surface area contributed by atoms with Crippen molar-refractivity contribution in [2.24, 2.45) is 0 Å². The van der Waals surface area contributed by atoms with E-state index in [1.807, 2.05) is 6.07 Å². The van der Waals surface area contributed by atoms with Crippen LogP contribution in [0.5, 0.6) is 0 Å². The minimum absolute atomic E-state index is 0.0356. The standard InChI is InChI=1S/C10H8N4O2/c15-14(16)8-4-5-10(12-7-8)13-9-3-1-2-6-11-9/h1-7H,(H,11,12,13). The fourth-order valence-corrected chi connectivity index (χ4v) is 1.14. The van der Waals surface area contributed by atoms with Gasteiger partial charge in [-0.05, 0) is 18.2 Å². The first-order valence-corrected chi connectivity index (χ1v) is 4.54. The Bertz CT molecular complexity index is 484. The van der Waals surface area contributed by atoms with E-state index in [4.69, 9.17) is 0 Å². The van der Waals surface area contributed by atoms with E-state index in [1.54, 1.807) is 18.3 Å². The van der Waals surface area contributed by atoms with Crippen molar-refractivity contribution in [1.29, 1.82) is 0 Å². The van der Waals surface area contributed by atoms with Crippen molar-refractivity contribution in [2.45, 2.75) is 0 Å². The summed E-state index contributed by atoms with van der Waals surface area (Å²) >= 11 is 0. The molecular weight excluding hydrogens is 208 g/mol. The molecule has 0 aliphatic carbocycles. The van der Waals surface area contributed by atoms with Crippen LogP contribution in [0, 0.1) is 10.1 Å². The van der Waals surface area contributed by atoms with Crippen LogP contribution in [0.4, 0.5) is 17.3 Å². The smallest absolute Gasteiger partial charge is 0.287 e. The number of nitro groups is 1. The van der Waals surface area contributed by atoms with Gasteiger partial charge in [-0.1, -0.05) is 6.07 Å². The molecule has 0 spiro atoms. The number of rotatable bonds is 3. The zero-order valence-corrected chi connectivity index (χ0v) is 8.20. The molecule has 0 unspecified atom stereocenters. The van der Waals surface area contributed by atoms with Gasteiger partial charge in [0.15, 0.2) is 0 Å². The molecule has 0 aliphatic rings. The molecule has 6 nitrogen and oxygen atoms in total. The van der Waals surface area contributed by atoms with Crippen molar-refractivity contribution in [3.63, 3.8) is 0 Å². The Morgan fingerprint density at radius 2 is 1.94 bits per heavy atom. The van der Waals surface area contributed by atoms with Crippen molar-refractivity contribution < 1.29 is 4.92 Å². The molecule has 0 aliphatic heterocycles. The first-order valence-electron chi connectivity index (χ1n) is 4.54. The van der Waals surface area contributed by atoms with Gasteiger partial charge >= 0.3 is 0 Å². The van der Waals surface area contributed by atoms with Gasteiger partial charge in [0.2, 0.25) is 0 Å². The van der Waals surface area contributed by atoms with E-state index >= 15 is 0 Å². The summed E-state index contributed by atoms with van der Waals surface area (Å²) in [6.45, 7) is 0. The molecule has 0 saturated carbocycles. The van der Waals surface area contributed by atoms with Gasteiger partial charge in [-0.3, -0.25) is 10.1 Å². The van der Waals surface area contributed by atoms with Crippen molar-refractivity contribution in [3.8, 4) is 0 Å². The molecule has 0 amide bonds. The van der Waals surface area contributed by atoms with Crippen molar-refractivity contribution in [3.05, 3.63) is 52.8 Å². The number of aromatic nitrogens is 2. The van der Waals surface area contributed by atoms with Crippen LogP contribution >= 0.6 is 0 Å². The minimum atomic E-state index is -0.489. The van der Waals surface area contributed by atoms with Crippen molar-refractivity contribution >= 4 is 17.3 Å². The monoisotopic (exact) mass is 216 g/mol. The maximum Gasteiger partial charge on any atom is 0.287 e. The maximum atomic E-state index is 10.4. The van der Waals surface area contributed by atoms with E-state index in [1.165, 1.54) is 18.3 Å². The van der Waals surface area contributed by atoms with Gasteiger partial charge in [-0.15, -0.1) is 0 Å². The Morgan fingerprint density at radius 1 is 1.12 bits per heavy atom. The molecular formula is C10H8N4O2. The zero-order chi connectivity index (χ0) is 11.4. The molecule has 2 aromatic rings. The second-order valence-electron chi connectivity index (χ2n) is 3.00. The molecule has 0 saturated heterocycles. The van der Waals surface area contributed by atoms with Crippen LogP contribution < -0.4 is 5.32 Å². The van der Waals surface area contributed by atoms with Crippen LogP contribution in [-0.4, -0.2) is 14.9 Å². The number of nitrogens with one attached hydrogen (secondary N) is 1. The number of pyridine rings is 2. The highest BCUT2D eigenvalue weighted by Crippen LogP contribution is 2.14. The van der Waals surface area contributed by atoms with Gasteiger partial charge < -0.3 is 5.32 Å². The molecule has 80 valence electrons. The average molecular weight is 216 g/mol. The van der Waals surface area contributed by atoms with Gasteiger partial charge in [0.25, 0.3) is 5.69 Å². The second kappa shape index (κ2) is 4.35. The van der Waals surface area contributed by atoms with Gasteiger partial charge in [-0.2, -0.15) is 0 Å². The summed E-state index contributed by atoms with van der Waals surface area (Å²) in [5, 5.41) is 13.3. The molecule has 0 atom stereocenters. The fourth-order valence-electron chi connectivity index (χ4n) is 1.14. The second-order valence-corrected chi connectivity index (χ2v) is 3.00. The molecule has 1 N–H and O–H groups in total. The predicted molar refractivity (Wildman–Crippen MR) is 58.4 cm³/mol. The Morgan fingerprint density at radius 3 is 2.50 bits per heavy atom. The van der Waals surface area contributed by atoms with Crippen LogP contribution in [0.15, 0.2) is 42.7 Å². The summed E-state index contributed by atoms with van der Waals surface area (Å²) in [6.07, 6.45) is 2.85. The Labute approximate surface area is 91.1 Å². The summed E-state index contributed by atoms with van der Waals surface area (Å²) in [7, 11) is 0. The molecule has 2 aromatic heterocycles. The highest BCUT2D eigenvalue weighted by molar-refractivity contribution is 5.52.